The second kappa shape index (κ2) is 11.0. The average Bonchev–Trinajstić information content (AvgIpc) is 2.97. The van der Waals surface area contributed by atoms with Crippen LogP contribution in [0.3, 0.4) is 0 Å². The molecule has 0 aliphatic heterocycles. The summed E-state index contributed by atoms with van der Waals surface area (Å²) in [7, 11) is 0. The fraction of sp³-hybridized carbons (Fsp3) is 0. The molecule has 0 aliphatic carbocycles. The molecule has 3 rings (SSSR count). The van der Waals surface area contributed by atoms with Crippen molar-refractivity contribution in [3.8, 4) is 18.2 Å². The Morgan fingerprint density at radius 2 is 0.952 bits per heavy atom. The molecule has 0 atom stereocenters. The third-order valence-corrected chi connectivity index (χ3v) is 5.50. The number of hydrogen-bond acceptors (Lipinski definition) is 3. The lowest BCUT2D eigenvalue weighted by Crippen LogP contribution is -2.28. The van der Waals surface area contributed by atoms with E-state index in [1.807, 2.05) is 0 Å². The summed E-state index contributed by atoms with van der Waals surface area (Å²) in [5, 5.41) is 24.1. The zero-order valence-corrected chi connectivity index (χ0v) is 19.5. The molecule has 0 heterocycles. The summed E-state index contributed by atoms with van der Waals surface area (Å²) in [5.74, 6) is -24.0. The summed E-state index contributed by atoms with van der Waals surface area (Å²) in [6.45, 7) is 21.0. The first-order valence-electron chi connectivity index (χ1n) is 10.2. The van der Waals surface area contributed by atoms with Crippen molar-refractivity contribution in [3.63, 3.8) is 0 Å². The Hall–Kier alpha value is -6.36. The maximum atomic E-state index is 15.7. The van der Waals surface area contributed by atoms with Gasteiger partial charge >= 0.3 is 0 Å². The van der Waals surface area contributed by atoms with Crippen molar-refractivity contribution in [2.45, 2.75) is 0 Å². The summed E-state index contributed by atoms with van der Waals surface area (Å²) >= 11 is 0. The molecule has 0 fully saturated rings. The van der Waals surface area contributed by atoms with Gasteiger partial charge in [-0.05, 0) is 0 Å². The minimum Gasteiger partial charge on any atom is -0.238 e. The van der Waals surface area contributed by atoms with Gasteiger partial charge < -0.3 is 0 Å². The third kappa shape index (κ3) is 4.09. The van der Waals surface area contributed by atoms with E-state index in [1.54, 1.807) is 0 Å². The van der Waals surface area contributed by atoms with Gasteiger partial charge in [-0.2, -0.15) is 15.8 Å². The summed E-state index contributed by atoms with van der Waals surface area (Å²) in [4.78, 5) is 7.22. The van der Waals surface area contributed by atoms with E-state index in [0.29, 0.717) is 0 Å². The zero-order chi connectivity index (χ0) is 31.8. The van der Waals surface area contributed by atoms with Crippen molar-refractivity contribution in [2.75, 3.05) is 0 Å². The lowest BCUT2D eigenvalue weighted by Gasteiger charge is -2.12. The predicted molar refractivity (Wildman–Crippen MR) is 117 cm³/mol. The van der Waals surface area contributed by atoms with Crippen molar-refractivity contribution >= 4 is 22.6 Å². The number of hydrogen-bond donors (Lipinski definition) is 0. The smallest absolute Gasteiger partial charge is 0.238 e. The molecule has 0 aromatic heterocycles. The van der Waals surface area contributed by atoms with Crippen molar-refractivity contribution in [1.82, 2.24) is 0 Å². The Kier molecular flexibility index (Phi) is 7.92. The SMILES string of the molecule is [C-]#[N+]/C(c1c(F)c(F)c([N+]#[C-])c(F)c1F)=c1/c(F)c(C#N)/c(=C(\C#N)c2c(F)c(F)c(C#N)c(F)c2F)c(F)c1[N+]#[C-]. The monoisotopic (exact) mass is 586 g/mol. The van der Waals surface area contributed by atoms with Gasteiger partial charge in [-0.15, -0.1) is 0 Å². The van der Waals surface area contributed by atoms with E-state index >= 15 is 8.78 Å². The van der Waals surface area contributed by atoms with E-state index < -0.39 is 114 Å². The van der Waals surface area contributed by atoms with Crippen LogP contribution < -0.4 is 10.4 Å². The maximum absolute atomic E-state index is 15.7. The van der Waals surface area contributed by atoms with Crippen LogP contribution in [-0.2, 0) is 0 Å². The number of halogens is 10. The number of nitrogens with zero attached hydrogens (tertiary/aromatic N) is 6. The Bertz CT molecular complexity index is 1950. The molecule has 42 heavy (non-hydrogen) atoms. The van der Waals surface area contributed by atoms with Crippen molar-refractivity contribution in [3.05, 3.63) is 125 Å². The van der Waals surface area contributed by atoms with E-state index in [9.17, 15) is 45.6 Å². The molecule has 0 radical (unpaired) electrons. The van der Waals surface area contributed by atoms with Gasteiger partial charge in [-0.1, -0.05) is 0 Å². The normalized spacial score (nSPS) is 11.7. The maximum Gasteiger partial charge on any atom is 0.262 e. The molecule has 3 aromatic rings. The Labute approximate surface area is 226 Å². The van der Waals surface area contributed by atoms with Gasteiger partial charge in [0.15, 0.2) is 40.6 Å². The van der Waals surface area contributed by atoms with Crippen LogP contribution in [-0.4, -0.2) is 0 Å². The minimum absolute atomic E-state index is 0.786. The topological polar surface area (TPSA) is 84.5 Å². The van der Waals surface area contributed by atoms with Crippen LogP contribution in [0.5, 0.6) is 0 Å². The summed E-state index contributed by atoms with van der Waals surface area (Å²) in [6, 6.07) is 2.58. The summed E-state index contributed by atoms with van der Waals surface area (Å²) in [5.41, 5.74) is -15.1. The highest BCUT2D eigenvalue weighted by Gasteiger charge is 2.33. The molecular formula is C26F10N6. The number of rotatable bonds is 2. The highest BCUT2D eigenvalue weighted by atomic mass is 19.2. The van der Waals surface area contributed by atoms with Crippen molar-refractivity contribution in [1.29, 1.82) is 15.8 Å². The van der Waals surface area contributed by atoms with Crippen molar-refractivity contribution < 1.29 is 43.9 Å². The molecule has 0 saturated heterocycles. The van der Waals surface area contributed by atoms with Crippen LogP contribution in [0.15, 0.2) is 0 Å². The second-order valence-corrected chi connectivity index (χ2v) is 7.48. The van der Waals surface area contributed by atoms with Gasteiger partial charge in [0.1, 0.15) is 47.0 Å². The van der Waals surface area contributed by atoms with Gasteiger partial charge in [0.25, 0.3) is 5.69 Å². The zero-order valence-electron chi connectivity index (χ0n) is 19.5. The summed E-state index contributed by atoms with van der Waals surface area (Å²) in [6.07, 6.45) is 0. The lowest BCUT2D eigenvalue weighted by atomic mass is 9.95. The molecule has 3 aromatic carbocycles. The average molecular weight is 586 g/mol. The molecule has 0 amide bonds. The second-order valence-electron chi connectivity index (χ2n) is 7.48. The largest absolute Gasteiger partial charge is 0.262 e. The van der Waals surface area contributed by atoms with Crippen molar-refractivity contribution in [2.24, 2.45) is 0 Å². The van der Waals surface area contributed by atoms with Gasteiger partial charge in [-0.3, -0.25) is 0 Å². The fourth-order valence-electron chi connectivity index (χ4n) is 3.69. The molecular weight excluding hydrogens is 586 g/mol. The first-order valence-corrected chi connectivity index (χ1v) is 10.2. The Morgan fingerprint density at radius 1 is 0.500 bits per heavy atom. The Balaban J connectivity index is 2.81. The van der Waals surface area contributed by atoms with Gasteiger partial charge in [0.2, 0.25) is 5.69 Å². The van der Waals surface area contributed by atoms with Gasteiger partial charge in [0, 0.05) is 10.4 Å². The van der Waals surface area contributed by atoms with E-state index in [-0.39, 0.29) is 0 Å². The van der Waals surface area contributed by atoms with Crippen LogP contribution in [0.25, 0.3) is 25.8 Å². The standard InChI is InChI=1S/C26F10N6/c1-40-24(12-19(32)22(35)26(42-3)23(36)20(12)33)13-14(27)8(5-38)10(21(34)25(13)41-2)7(4-37)11-17(30)15(28)9(6-39)16(29)18(11)31/b10-7-,24-13-. The quantitative estimate of drug-likeness (QED) is 0.219. The molecule has 0 aliphatic rings. The molecule has 204 valence electrons. The molecule has 0 bridgehead atoms. The van der Waals surface area contributed by atoms with Crippen LogP contribution in [0.4, 0.5) is 55.3 Å². The fourth-order valence-corrected chi connectivity index (χ4v) is 3.69. The van der Waals surface area contributed by atoms with Crippen LogP contribution in [0, 0.1) is 112 Å². The van der Waals surface area contributed by atoms with Gasteiger partial charge in [-0.25, -0.2) is 58.4 Å². The molecule has 0 unspecified atom stereocenters. The number of benzene rings is 3. The van der Waals surface area contributed by atoms with E-state index in [2.05, 4.69) is 14.5 Å². The first-order chi connectivity index (χ1) is 19.8. The lowest BCUT2D eigenvalue weighted by molar-refractivity contribution is 0.446. The molecule has 0 N–H and O–H groups in total. The minimum atomic E-state index is -2.48. The molecule has 0 spiro atoms. The molecule has 6 nitrogen and oxygen atoms in total. The van der Waals surface area contributed by atoms with E-state index in [4.69, 9.17) is 25.0 Å². The van der Waals surface area contributed by atoms with Crippen LogP contribution in [0.1, 0.15) is 22.3 Å². The highest BCUT2D eigenvalue weighted by molar-refractivity contribution is 5.82. The predicted octanol–water partition coefficient (Wildman–Crippen LogP) is 5.72. The van der Waals surface area contributed by atoms with E-state index in [1.165, 1.54) is 0 Å². The summed E-state index contributed by atoms with van der Waals surface area (Å²) < 4.78 is 147. The molecule has 0 saturated carbocycles. The van der Waals surface area contributed by atoms with E-state index in [0.717, 1.165) is 18.2 Å². The third-order valence-electron chi connectivity index (χ3n) is 5.50. The Morgan fingerprint density at radius 3 is 1.33 bits per heavy atom. The molecule has 16 heteroatoms. The van der Waals surface area contributed by atoms with Crippen LogP contribution >= 0.6 is 0 Å². The number of nitriles is 3. The highest BCUT2D eigenvalue weighted by Crippen LogP contribution is 2.34. The first kappa shape index (κ1) is 30.2. The van der Waals surface area contributed by atoms with Gasteiger partial charge in [0.05, 0.1) is 42.0 Å². The van der Waals surface area contributed by atoms with Crippen LogP contribution in [0.2, 0.25) is 0 Å².